The number of hydrogen-bond donors (Lipinski definition) is 4. The molecule has 2 aromatic heterocycles. The van der Waals surface area contributed by atoms with Crippen LogP contribution in [0.5, 0.6) is 0 Å². The van der Waals surface area contributed by atoms with E-state index >= 15 is 0 Å². The zero-order valence-corrected chi connectivity index (χ0v) is 25.0. The molecule has 6 rings (SSSR count). The van der Waals surface area contributed by atoms with Crippen LogP contribution in [-0.2, 0) is 4.79 Å². The molecule has 2 saturated heterocycles. The monoisotopic (exact) mass is 651 g/mol. The fraction of sp³-hybridized carbons (Fsp3) is 0.355. The minimum Gasteiger partial charge on any atom is -0.475 e. The molecule has 2 aliphatic heterocycles. The zero-order chi connectivity index (χ0) is 33.6. The van der Waals surface area contributed by atoms with Gasteiger partial charge in [-0.05, 0) is 68.1 Å². The topological polar surface area (TPSA) is 177 Å². The third-order valence-electron chi connectivity index (χ3n) is 7.73. The summed E-state index contributed by atoms with van der Waals surface area (Å²) in [5.74, 6) is -1.64. The molecule has 0 saturated carbocycles. The zero-order valence-electron chi connectivity index (χ0n) is 25.0. The molecule has 2 fully saturated rings. The summed E-state index contributed by atoms with van der Waals surface area (Å²) in [6, 6.07) is 17.7. The quantitative estimate of drug-likeness (QED) is 0.237. The maximum absolute atomic E-state index is 10.6. The van der Waals surface area contributed by atoms with Crippen LogP contribution in [0.3, 0.4) is 0 Å². The molecule has 0 bridgehead atoms. The third kappa shape index (κ3) is 8.51. The summed E-state index contributed by atoms with van der Waals surface area (Å²) < 4.78 is 33.5. The Balaban J connectivity index is 0.000000559. The smallest absolute Gasteiger partial charge is 0.475 e. The van der Waals surface area contributed by atoms with Crippen LogP contribution in [0, 0.1) is 11.3 Å². The highest BCUT2D eigenvalue weighted by Gasteiger charge is 2.38. The number of piperidine rings is 2. The van der Waals surface area contributed by atoms with Crippen LogP contribution in [0.4, 0.5) is 36.4 Å². The van der Waals surface area contributed by atoms with Gasteiger partial charge in [-0.25, -0.2) is 19.4 Å². The van der Waals surface area contributed by atoms with Crippen molar-refractivity contribution in [3.05, 3.63) is 66.6 Å². The Hall–Kier alpha value is -5.27. The first-order chi connectivity index (χ1) is 22.5. The number of benzene rings is 2. The number of halogens is 3. The van der Waals surface area contributed by atoms with Crippen LogP contribution in [0.25, 0.3) is 16.9 Å². The van der Waals surface area contributed by atoms with Gasteiger partial charge in [0.15, 0.2) is 0 Å². The van der Waals surface area contributed by atoms with Gasteiger partial charge < -0.3 is 30.4 Å². The van der Waals surface area contributed by atoms with E-state index in [0.29, 0.717) is 36.0 Å². The summed E-state index contributed by atoms with van der Waals surface area (Å²) in [7, 11) is 0. The Labute approximate surface area is 267 Å². The normalized spacial score (nSPS) is 15.8. The van der Waals surface area contributed by atoms with Crippen molar-refractivity contribution in [1.29, 1.82) is 5.26 Å². The van der Waals surface area contributed by atoms with Crippen molar-refractivity contribution < 1.29 is 33.3 Å². The first-order valence-electron chi connectivity index (χ1n) is 14.8. The van der Waals surface area contributed by atoms with E-state index in [0.717, 1.165) is 61.6 Å². The molecule has 0 aliphatic carbocycles. The molecular weight excluding hydrogens is 619 g/mol. The molecule has 4 heterocycles. The average Bonchev–Trinajstić information content (AvgIpc) is 3.56. The average molecular weight is 652 g/mol. The maximum atomic E-state index is 10.6. The van der Waals surface area contributed by atoms with Gasteiger partial charge in [0, 0.05) is 43.6 Å². The number of aliphatic hydroxyl groups excluding tert-OH is 2. The first-order valence-corrected chi connectivity index (χ1v) is 14.8. The number of aliphatic hydroxyl groups is 2. The number of carboxylic acid groups (broad SMARTS) is 1. The molecule has 47 heavy (non-hydrogen) atoms. The second kappa shape index (κ2) is 14.4. The van der Waals surface area contributed by atoms with Gasteiger partial charge in [-0.2, -0.15) is 23.4 Å². The fourth-order valence-corrected chi connectivity index (χ4v) is 5.16. The van der Waals surface area contributed by atoms with Gasteiger partial charge in [-0.15, -0.1) is 5.10 Å². The summed E-state index contributed by atoms with van der Waals surface area (Å²) in [5, 5.41) is 44.4. The lowest BCUT2D eigenvalue weighted by molar-refractivity contribution is -0.192. The number of carbonyl (C=O) groups is 1. The Bertz CT molecular complexity index is 1710. The number of carboxylic acids is 1. The van der Waals surface area contributed by atoms with Crippen molar-refractivity contribution in [3.8, 4) is 23.0 Å². The van der Waals surface area contributed by atoms with Gasteiger partial charge in [0.2, 0.25) is 11.9 Å². The van der Waals surface area contributed by atoms with Crippen molar-refractivity contribution in [1.82, 2.24) is 24.7 Å². The Morgan fingerprint density at radius 3 is 2.13 bits per heavy atom. The van der Waals surface area contributed by atoms with Gasteiger partial charge in [-0.1, -0.05) is 6.07 Å². The lowest BCUT2D eigenvalue weighted by Gasteiger charge is -2.32. The van der Waals surface area contributed by atoms with Gasteiger partial charge >= 0.3 is 12.1 Å². The molecule has 0 unspecified atom stereocenters. The highest BCUT2D eigenvalue weighted by Crippen LogP contribution is 2.29. The standard InChI is InChI=1S/C29H31N9O2.C2HF3O2/c30-18-21-17-20(1-6-27(21)36-13-8-24(39)9-14-36)26-7-12-31-28(34-26)33-22-2-4-23(5-3-22)38-19-32-29(35-38)37-15-10-25(40)11-16-37;3-2(4,5)1(6)7/h1-7,12,17,19,24-25,39-40H,8-11,13-16H2,(H,31,33,34);(H,6,7). The van der Waals surface area contributed by atoms with Crippen molar-refractivity contribution in [3.63, 3.8) is 0 Å². The molecule has 2 aromatic carbocycles. The van der Waals surface area contributed by atoms with Crippen molar-refractivity contribution in [2.45, 2.75) is 44.1 Å². The van der Waals surface area contributed by atoms with Crippen LogP contribution in [0.15, 0.2) is 61.1 Å². The molecule has 2 aliphatic rings. The maximum Gasteiger partial charge on any atom is 0.490 e. The Kier molecular flexibility index (Phi) is 10.2. The number of hydrogen-bond acceptors (Lipinski definition) is 11. The number of nitrogens with one attached hydrogen (secondary N) is 1. The number of rotatable bonds is 6. The lowest BCUT2D eigenvalue weighted by Crippen LogP contribution is -2.36. The summed E-state index contributed by atoms with van der Waals surface area (Å²) in [4.78, 5) is 26.6. The molecule has 0 atom stereocenters. The van der Waals surface area contributed by atoms with Gasteiger partial charge in [0.25, 0.3) is 0 Å². The number of alkyl halides is 3. The van der Waals surface area contributed by atoms with Crippen LogP contribution in [-0.4, -0.2) is 90.6 Å². The highest BCUT2D eigenvalue weighted by atomic mass is 19.4. The number of aliphatic carboxylic acids is 1. The molecule has 0 radical (unpaired) electrons. The third-order valence-corrected chi connectivity index (χ3v) is 7.73. The predicted octanol–water partition coefficient (Wildman–Crippen LogP) is 3.90. The predicted molar refractivity (Wildman–Crippen MR) is 165 cm³/mol. The molecule has 16 heteroatoms. The van der Waals surface area contributed by atoms with E-state index < -0.39 is 12.1 Å². The molecule has 0 amide bonds. The second-order valence-corrected chi connectivity index (χ2v) is 11.0. The lowest BCUT2D eigenvalue weighted by atomic mass is 10.0. The number of nitrogens with zero attached hydrogens (tertiary/aromatic N) is 8. The fourth-order valence-electron chi connectivity index (χ4n) is 5.16. The van der Waals surface area contributed by atoms with E-state index in [9.17, 15) is 28.6 Å². The van der Waals surface area contributed by atoms with E-state index in [1.165, 1.54) is 0 Å². The van der Waals surface area contributed by atoms with Gasteiger partial charge in [0.05, 0.1) is 34.8 Å². The number of nitriles is 1. The van der Waals surface area contributed by atoms with Crippen molar-refractivity contribution in [2.75, 3.05) is 41.3 Å². The van der Waals surface area contributed by atoms with Crippen LogP contribution in [0.1, 0.15) is 31.2 Å². The second-order valence-electron chi connectivity index (χ2n) is 11.0. The van der Waals surface area contributed by atoms with Crippen LogP contribution < -0.4 is 15.1 Å². The molecule has 13 nitrogen and oxygen atoms in total. The van der Waals surface area contributed by atoms with E-state index in [2.05, 4.69) is 41.2 Å². The summed E-state index contributed by atoms with van der Waals surface area (Å²) >= 11 is 0. The van der Waals surface area contributed by atoms with Crippen molar-refractivity contribution in [2.24, 2.45) is 0 Å². The molecule has 4 aromatic rings. The summed E-state index contributed by atoms with van der Waals surface area (Å²) in [5.41, 5.74) is 4.73. The summed E-state index contributed by atoms with van der Waals surface area (Å²) in [6.45, 7) is 2.96. The molecule has 246 valence electrons. The number of aromatic nitrogens is 5. The Morgan fingerprint density at radius 2 is 1.53 bits per heavy atom. The van der Waals surface area contributed by atoms with E-state index in [1.807, 2.05) is 48.5 Å². The molecule has 4 N–H and O–H groups in total. The van der Waals surface area contributed by atoms with E-state index in [1.54, 1.807) is 17.2 Å². The highest BCUT2D eigenvalue weighted by molar-refractivity contribution is 5.73. The van der Waals surface area contributed by atoms with Gasteiger partial charge in [-0.3, -0.25) is 0 Å². The minimum absolute atomic E-state index is 0.236. The van der Waals surface area contributed by atoms with E-state index in [4.69, 9.17) is 9.90 Å². The number of anilines is 4. The summed E-state index contributed by atoms with van der Waals surface area (Å²) in [6.07, 6.45) is 0.685. The largest absolute Gasteiger partial charge is 0.490 e. The first kappa shape index (κ1) is 33.1. The van der Waals surface area contributed by atoms with Crippen molar-refractivity contribution >= 4 is 29.2 Å². The van der Waals surface area contributed by atoms with Crippen LogP contribution >= 0.6 is 0 Å². The minimum atomic E-state index is -5.08. The van der Waals surface area contributed by atoms with E-state index in [-0.39, 0.29) is 12.2 Å². The van der Waals surface area contributed by atoms with Gasteiger partial charge in [0.1, 0.15) is 12.4 Å². The Morgan fingerprint density at radius 1 is 0.915 bits per heavy atom. The molecular formula is C31H32F3N9O4. The SMILES string of the molecule is N#Cc1cc(-c2ccnc(Nc3ccc(-n4cnc(N5CCC(O)CC5)n4)cc3)n2)ccc1N1CCC(O)CC1.O=C(O)C(F)(F)F. The van der Waals surface area contributed by atoms with Crippen LogP contribution in [0.2, 0.25) is 0 Å². The molecule has 0 spiro atoms.